The fraction of sp³-hybridized carbons (Fsp3) is 0.917. The molecule has 1 aliphatic carbocycles. The molecule has 1 aliphatic heterocycles. The summed E-state index contributed by atoms with van der Waals surface area (Å²) in [5.74, 6) is 1.42. The van der Waals surface area contributed by atoms with Gasteiger partial charge in [0.1, 0.15) is 0 Å². The lowest BCUT2D eigenvalue weighted by Gasteiger charge is -2.22. The second-order valence-electron chi connectivity index (χ2n) is 4.73. The van der Waals surface area contributed by atoms with E-state index in [0.717, 1.165) is 19.0 Å². The first kappa shape index (κ1) is 10.9. The van der Waals surface area contributed by atoms with Crippen LogP contribution in [0.25, 0.3) is 0 Å². The van der Waals surface area contributed by atoms with Gasteiger partial charge in [0.05, 0.1) is 12.5 Å². The third-order valence-corrected chi connectivity index (χ3v) is 3.86. The van der Waals surface area contributed by atoms with Gasteiger partial charge in [0.25, 0.3) is 0 Å². The molecule has 2 atom stereocenters. The lowest BCUT2D eigenvalue weighted by atomic mass is 9.83. The van der Waals surface area contributed by atoms with E-state index < -0.39 is 0 Å². The molecule has 2 aliphatic rings. The highest BCUT2D eigenvalue weighted by molar-refractivity contribution is 5.73. The number of hydrogen-bond acceptors (Lipinski definition) is 3. The van der Waals surface area contributed by atoms with Crippen molar-refractivity contribution in [3.8, 4) is 0 Å². The molecule has 2 rings (SSSR count). The second-order valence-corrected chi connectivity index (χ2v) is 4.73. The van der Waals surface area contributed by atoms with Gasteiger partial charge in [0.15, 0.2) is 0 Å². The van der Waals surface area contributed by atoms with Crippen molar-refractivity contribution in [2.45, 2.75) is 32.6 Å². The van der Waals surface area contributed by atoms with Crippen LogP contribution in [-0.2, 0) is 9.53 Å². The van der Waals surface area contributed by atoms with Gasteiger partial charge < -0.3 is 10.1 Å². The number of nitrogens with one attached hydrogen (secondary N) is 1. The predicted molar refractivity (Wildman–Crippen MR) is 58.4 cm³/mol. The van der Waals surface area contributed by atoms with Gasteiger partial charge in [-0.3, -0.25) is 4.79 Å². The average molecular weight is 211 g/mol. The summed E-state index contributed by atoms with van der Waals surface area (Å²) in [4.78, 5) is 11.8. The highest BCUT2D eigenvalue weighted by atomic mass is 16.5. The molecule has 2 fully saturated rings. The van der Waals surface area contributed by atoms with Crippen LogP contribution in [0.15, 0.2) is 0 Å². The zero-order valence-electron chi connectivity index (χ0n) is 9.50. The Hall–Kier alpha value is -0.570. The quantitative estimate of drug-likeness (QED) is 0.720. The maximum Gasteiger partial charge on any atom is 0.310 e. The van der Waals surface area contributed by atoms with E-state index in [0.29, 0.717) is 12.5 Å². The molecule has 3 nitrogen and oxygen atoms in total. The molecule has 86 valence electrons. The van der Waals surface area contributed by atoms with Gasteiger partial charge in [-0.05, 0) is 25.3 Å². The molecule has 3 heteroatoms. The maximum absolute atomic E-state index is 11.8. The largest absolute Gasteiger partial charge is 0.466 e. The van der Waals surface area contributed by atoms with E-state index in [-0.39, 0.29) is 11.9 Å². The molecule has 1 N–H and O–H groups in total. The molecule has 15 heavy (non-hydrogen) atoms. The lowest BCUT2D eigenvalue weighted by Crippen LogP contribution is -2.28. The van der Waals surface area contributed by atoms with Crippen molar-refractivity contribution in [1.29, 1.82) is 0 Å². The van der Waals surface area contributed by atoms with Gasteiger partial charge >= 0.3 is 5.97 Å². The van der Waals surface area contributed by atoms with Gasteiger partial charge in [-0.15, -0.1) is 0 Å². The summed E-state index contributed by atoms with van der Waals surface area (Å²) in [5.41, 5.74) is 0. The third kappa shape index (κ3) is 2.33. The van der Waals surface area contributed by atoms with Crippen LogP contribution in [0.1, 0.15) is 32.6 Å². The summed E-state index contributed by atoms with van der Waals surface area (Å²) >= 11 is 0. The van der Waals surface area contributed by atoms with Crippen molar-refractivity contribution in [2.75, 3.05) is 19.7 Å². The van der Waals surface area contributed by atoms with E-state index in [1.165, 1.54) is 25.7 Å². The van der Waals surface area contributed by atoms with Gasteiger partial charge in [0.2, 0.25) is 0 Å². The molecule has 1 heterocycles. The van der Waals surface area contributed by atoms with Crippen molar-refractivity contribution in [1.82, 2.24) is 5.32 Å². The molecule has 0 bridgehead atoms. The molecule has 0 aromatic heterocycles. The van der Waals surface area contributed by atoms with Crippen LogP contribution in [0.4, 0.5) is 0 Å². The summed E-state index contributed by atoms with van der Waals surface area (Å²) in [6.07, 6.45) is 5.30. The van der Waals surface area contributed by atoms with Crippen molar-refractivity contribution in [2.24, 2.45) is 17.8 Å². The molecule has 0 radical (unpaired) electrons. The highest BCUT2D eigenvalue weighted by Gasteiger charge is 2.39. The Labute approximate surface area is 91.6 Å². The van der Waals surface area contributed by atoms with E-state index in [4.69, 9.17) is 4.74 Å². The van der Waals surface area contributed by atoms with Crippen LogP contribution in [-0.4, -0.2) is 25.7 Å². The molecule has 0 spiro atoms. The minimum atomic E-state index is 0.0133. The van der Waals surface area contributed by atoms with Crippen molar-refractivity contribution in [3.05, 3.63) is 0 Å². The van der Waals surface area contributed by atoms with Gasteiger partial charge in [-0.1, -0.05) is 25.7 Å². The Morgan fingerprint density at radius 3 is 2.73 bits per heavy atom. The Morgan fingerprint density at radius 1 is 1.33 bits per heavy atom. The first-order valence-electron chi connectivity index (χ1n) is 6.20. The number of carbonyl (C=O) groups excluding carboxylic acids is 1. The zero-order chi connectivity index (χ0) is 10.7. The highest BCUT2D eigenvalue weighted by Crippen LogP contribution is 2.37. The number of hydrogen-bond donors (Lipinski definition) is 1. The van der Waals surface area contributed by atoms with E-state index in [9.17, 15) is 4.79 Å². The second kappa shape index (κ2) is 4.97. The molecule has 0 aromatic carbocycles. The molecule has 2 unspecified atom stereocenters. The van der Waals surface area contributed by atoms with E-state index in [1.54, 1.807) is 0 Å². The Balaban J connectivity index is 1.94. The Kier molecular flexibility index (Phi) is 3.62. The van der Waals surface area contributed by atoms with Crippen LogP contribution in [0, 0.1) is 17.8 Å². The van der Waals surface area contributed by atoms with Gasteiger partial charge in [-0.2, -0.15) is 0 Å². The molecule has 0 aromatic rings. The van der Waals surface area contributed by atoms with Crippen molar-refractivity contribution >= 4 is 5.97 Å². The third-order valence-electron chi connectivity index (χ3n) is 3.86. The van der Waals surface area contributed by atoms with Crippen molar-refractivity contribution in [3.63, 3.8) is 0 Å². The van der Waals surface area contributed by atoms with Gasteiger partial charge in [-0.25, -0.2) is 0 Å². The van der Waals surface area contributed by atoms with Crippen molar-refractivity contribution < 1.29 is 9.53 Å². The number of carbonyl (C=O) groups is 1. The average Bonchev–Trinajstić information content (AvgIpc) is 2.88. The lowest BCUT2D eigenvalue weighted by molar-refractivity contribution is -0.149. The first-order valence-corrected chi connectivity index (χ1v) is 6.20. The number of ether oxygens (including phenoxy) is 1. The summed E-state index contributed by atoms with van der Waals surface area (Å²) in [6.45, 7) is 4.21. The first-order chi connectivity index (χ1) is 7.33. The fourth-order valence-corrected chi connectivity index (χ4v) is 3.09. The molecule has 1 saturated heterocycles. The van der Waals surface area contributed by atoms with Crippen LogP contribution < -0.4 is 5.32 Å². The normalized spacial score (nSPS) is 32.1. The monoisotopic (exact) mass is 211 g/mol. The van der Waals surface area contributed by atoms with Gasteiger partial charge in [0, 0.05) is 6.54 Å². The predicted octanol–water partition coefficient (Wildman–Crippen LogP) is 1.58. The summed E-state index contributed by atoms with van der Waals surface area (Å²) in [7, 11) is 0. The van der Waals surface area contributed by atoms with E-state index in [2.05, 4.69) is 5.32 Å². The van der Waals surface area contributed by atoms with Crippen LogP contribution in [0.2, 0.25) is 0 Å². The van der Waals surface area contributed by atoms with Crippen LogP contribution in [0.5, 0.6) is 0 Å². The topological polar surface area (TPSA) is 38.3 Å². The smallest absolute Gasteiger partial charge is 0.310 e. The number of rotatable bonds is 3. The van der Waals surface area contributed by atoms with Crippen LogP contribution in [0.3, 0.4) is 0 Å². The Morgan fingerprint density at radius 2 is 2.07 bits per heavy atom. The summed E-state index contributed by atoms with van der Waals surface area (Å²) < 4.78 is 5.14. The standard InChI is InChI=1S/C12H21NO2/c1-2-15-12(14)11-8-13-7-10(11)9-5-3-4-6-9/h9-11,13H,2-8H2,1H3. The van der Waals surface area contributed by atoms with E-state index in [1.807, 2.05) is 6.92 Å². The molecular weight excluding hydrogens is 190 g/mol. The number of esters is 1. The minimum Gasteiger partial charge on any atom is -0.466 e. The van der Waals surface area contributed by atoms with E-state index >= 15 is 0 Å². The fourth-order valence-electron chi connectivity index (χ4n) is 3.09. The molecular formula is C12H21NO2. The zero-order valence-corrected chi connectivity index (χ0v) is 9.50. The minimum absolute atomic E-state index is 0.0133. The SMILES string of the molecule is CCOC(=O)C1CNCC1C1CCCC1. The summed E-state index contributed by atoms with van der Waals surface area (Å²) in [6, 6.07) is 0. The molecule has 1 saturated carbocycles. The maximum atomic E-state index is 11.8. The Bertz CT molecular complexity index is 224. The molecule has 0 amide bonds. The summed E-state index contributed by atoms with van der Waals surface area (Å²) in [5, 5.41) is 3.34. The van der Waals surface area contributed by atoms with Crippen LogP contribution >= 0.6 is 0 Å².